The van der Waals surface area contributed by atoms with Crippen molar-refractivity contribution in [1.29, 1.82) is 0 Å². The van der Waals surface area contributed by atoms with E-state index in [1.165, 1.54) is 5.56 Å². The maximum absolute atomic E-state index is 11.7. The summed E-state index contributed by atoms with van der Waals surface area (Å²) in [4.78, 5) is 11.7. The monoisotopic (exact) mass is 302 g/mol. The molecule has 0 aliphatic rings. The Balaban J connectivity index is 1.81. The van der Waals surface area contributed by atoms with E-state index in [0.29, 0.717) is 19.5 Å². The summed E-state index contributed by atoms with van der Waals surface area (Å²) in [5.74, 6) is 0. The van der Waals surface area contributed by atoms with Crippen LogP contribution >= 0.6 is 0 Å². The lowest BCUT2D eigenvalue weighted by atomic mass is 10.2. The second-order valence-corrected chi connectivity index (χ2v) is 5.11. The van der Waals surface area contributed by atoms with Crippen LogP contribution in [0.4, 0.5) is 4.79 Å². The molecule has 0 spiro atoms. The van der Waals surface area contributed by atoms with Crippen molar-refractivity contribution in [2.45, 2.75) is 32.5 Å². The number of carbonyl (C=O) groups excluding carboxylic acids is 1. The van der Waals surface area contributed by atoms with Crippen LogP contribution in [-0.2, 0) is 13.1 Å². The number of nitrogens with zero attached hydrogens (tertiary/aromatic N) is 2. The number of aromatic nitrogens is 2. The molecule has 118 valence electrons. The second kappa shape index (κ2) is 8.19. The molecule has 0 radical (unpaired) electrons. The number of aliphatic hydroxyl groups is 1. The Bertz CT molecular complexity index is 579. The maximum atomic E-state index is 11.7. The lowest BCUT2D eigenvalue weighted by Crippen LogP contribution is -2.43. The molecule has 2 aromatic rings. The Hall–Kier alpha value is -2.34. The van der Waals surface area contributed by atoms with Crippen LogP contribution in [0.5, 0.6) is 0 Å². The van der Waals surface area contributed by atoms with E-state index in [9.17, 15) is 4.79 Å². The fourth-order valence-corrected chi connectivity index (χ4v) is 2.04. The average molecular weight is 302 g/mol. The molecule has 0 saturated heterocycles. The minimum atomic E-state index is -0.293. The highest BCUT2D eigenvalue weighted by atomic mass is 16.3. The van der Waals surface area contributed by atoms with Crippen molar-refractivity contribution < 1.29 is 9.90 Å². The summed E-state index contributed by atoms with van der Waals surface area (Å²) in [6, 6.07) is 11.4. The molecule has 0 fully saturated rings. The van der Waals surface area contributed by atoms with Gasteiger partial charge in [0.2, 0.25) is 0 Å². The van der Waals surface area contributed by atoms with Crippen molar-refractivity contribution in [2.75, 3.05) is 6.61 Å². The minimum Gasteiger partial charge on any atom is -0.394 e. The molecule has 0 bridgehead atoms. The van der Waals surface area contributed by atoms with Crippen molar-refractivity contribution >= 4 is 6.03 Å². The number of benzene rings is 1. The van der Waals surface area contributed by atoms with E-state index in [0.717, 1.165) is 5.69 Å². The van der Waals surface area contributed by atoms with Gasteiger partial charge in [0.15, 0.2) is 0 Å². The predicted octanol–water partition coefficient (Wildman–Crippen LogP) is 1.50. The van der Waals surface area contributed by atoms with E-state index in [-0.39, 0.29) is 18.7 Å². The molecule has 0 aliphatic carbocycles. The van der Waals surface area contributed by atoms with Gasteiger partial charge in [-0.1, -0.05) is 37.3 Å². The van der Waals surface area contributed by atoms with Gasteiger partial charge in [-0.25, -0.2) is 4.79 Å². The Labute approximate surface area is 130 Å². The third-order valence-corrected chi connectivity index (χ3v) is 3.36. The third-order valence-electron chi connectivity index (χ3n) is 3.36. The lowest BCUT2D eigenvalue weighted by molar-refractivity contribution is 0.214. The van der Waals surface area contributed by atoms with E-state index in [4.69, 9.17) is 5.11 Å². The zero-order valence-corrected chi connectivity index (χ0v) is 12.7. The van der Waals surface area contributed by atoms with Crippen molar-refractivity contribution in [3.63, 3.8) is 0 Å². The highest BCUT2D eigenvalue weighted by Crippen LogP contribution is 2.03. The number of nitrogens with one attached hydrogen (secondary N) is 2. The van der Waals surface area contributed by atoms with E-state index in [1.54, 1.807) is 0 Å². The van der Waals surface area contributed by atoms with Crippen molar-refractivity contribution in [3.05, 3.63) is 53.9 Å². The summed E-state index contributed by atoms with van der Waals surface area (Å²) in [7, 11) is 0. The SMILES string of the molecule is CC[C@@H](CO)NC(=O)NCc1ccn(Cc2ccccc2)n1. The minimum absolute atomic E-state index is 0.0599. The molecular formula is C16H22N4O2. The van der Waals surface area contributed by atoms with Crippen LogP contribution in [0.25, 0.3) is 0 Å². The largest absolute Gasteiger partial charge is 0.394 e. The van der Waals surface area contributed by atoms with Crippen molar-refractivity contribution in [3.8, 4) is 0 Å². The van der Waals surface area contributed by atoms with E-state index >= 15 is 0 Å². The summed E-state index contributed by atoms with van der Waals surface area (Å²) in [6.45, 7) is 2.91. The summed E-state index contributed by atoms with van der Waals surface area (Å²) in [5, 5.41) is 18.9. The van der Waals surface area contributed by atoms with Gasteiger partial charge in [0.05, 0.1) is 31.4 Å². The zero-order chi connectivity index (χ0) is 15.8. The number of hydrogen-bond donors (Lipinski definition) is 3. The number of rotatable bonds is 7. The molecular weight excluding hydrogens is 280 g/mol. The number of carbonyl (C=O) groups is 1. The smallest absolute Gasteiger partial charge is 0.315 e. The Kier molecular flexibility index (Phi) is 5.97. The average Bonchev–Trinajstić information content (AvgIpc) is 2.99. The van der Waals surface area contributed by atoms with Gasteiger partial charge >= 0.3 is 6.03 Å². The van der Waals surface area contributed by atoms with Crippen LogP contribution in [0.1, 0.15) is 24.6 Å². The zero-order valence-electron chi connectivity index (χ0n) is 12.7. The summed E-state index contributed by atoms with van der Waals surface area (Å²) in [6.07, 6.45) is 2.58. The van der Waals surface area contributed by atoms with Crippen molar-refractivity contribution in [1.82, 2.24) is 20.4 Å². The molecule has 1 aromatic carbocycles. The van der Waals surface area contributed by atoms with Crippen molar-refractivity contribution in [2.24, 2.45) is 0 Å². The van der Waals surface area contributed by atoms with Crippen LogP contribution in [0.2, 0.25) is 0 Å². The molecule has 22 heavy (non-hydrogen) atoms. The highest BCUT2D eigenvalue weighted by molar-refractivity contribution is 5.74. The quantitative estimate of drug-likeness (QED) is 0.725. The molecule has 1 aromatic heterocycles. The van der Waals surface area contributed by atoms with Crippen LogP contribution in [0.15, 0.2) is 42.6 Å². The summed E-state index contributed by atoms with van der Waals surface area (Å²) >= 11 is 0. The fraction of sp³-hybridized carbons (Fsp3) is 0.375. The van der Waals surface area contributed by atoms with Crippen LogP contribution in [-0.4, -0.2) is 33.6 Å². The number of hydrogen-bond acceptors (Lipinski definition) is 3. The van der Waals surface area contributed by atoms with Gasteiger partial charge in [0, 0.05) is 6.20 Å². The first-order valence-electron chi connectivity index (χ1n) is 7.42. The topological polar surface area (TPSA) is 79.2 Å². The molecule has 1 heterocycles. The van der Waals surface area contributed by atoms with Crippen LogP contribution in [0, 0.1) is 0 Å². The van der Waals surface area contributed by atoms with E-state index in [2.05, 4.69) is 15.7 Å². The first kappa shape index (κ1) is 16.0. The van der Waals surface area contributed by atoms with Gasteiger partial charge in [-0.2, -0.15) is 5.10 Å². The number of amides is 2. The van der Waals surface area contributed by atoms with Gasteiger partial charge in [-0.15, -0.1) is 0 Å². The van der Waals surface area contributed by atoms with Gasteiger partial charge in [0.25, 0.3) is 0 Å². The molecule has 2 rings (SSSR count). The molecule has 0 saturated carbocycles. The van der Waals surface area contributed by atoms with Gasteiger partial charge in [-0.3, -0.25) is 4.68 Å². The predicted molar refractivity (Wildman–Crippen MR) is 84.3 cm³/mol. The maximum Gasteiger partial charge on any atom is 0.315 e. The third kappa shape index (κ3) is 4.89. The molecule has 3 N–H and O–H groups in total. The van der Waals surface area contributed by atoms with Crippen LogP contribution in [0.3, 0.4) is 0 Å². The van der Waals surface area contributed by atoms with E-state index < -0.39 is 0 Å². The first-order valence-corrected chi connectivity index (χ1v) is 7.42. The number of aliphatic hydroxyl groups excluding tert-OH is 1. The lowest BCUT2D eigenvalue weighted by Gasteiger charge is -2.14. The molecule has 6 nitrogen and oxygen atoms in total. The fourth-order valence-electron chi connectivity index (χ4n) is 2.04. The number of urea groups is 1. The molecule has 1 atom stereocenters. The second-order valence-electron chi connectivity index (χ2n) is 5.11. The Morgan fingerprint density at radius 3 is 2.77 bits per heavy atom. The summed E-state index contributed by atoms with van der Waals surface area (Å²) < 4.78 is 1.84. The molecule has 0 unspecified atom stereocenters. The summed E-state index contributed by atoms with van der Waals surface area (Å²) in [5.41, 5.74) is 1.97. The molecule has 0 aliphatic heterocycles. The Morgan fingerprint density at radius 2 is 2.09 bits per heavy atom. The van der Waals surface area contributed by atoms with Gasteiger partial charge in [-0.05, 0) is 18.1 Å². The Morgan fingerprint density at radius 1 is 1.32 bits per heavy atom. The first-order chi connectivity index (χ1) is 10.7. The normalized spacial score (nSPS) is 11.9. The van der Waals surface area contributed by atoms with Gasteiger partial charge < -0.3 is 15.7 Å². The van der Waals surface area contributed by atoms with E-state index in [1.807, 2.05) is 54.2 Å². The highest BCUT2D eigenvalue weighted by Gasteiger charge is 2.09. The molecule has 6 heteroatoms. The molecule has 2 amide bonds. The van der Waals surface area contributed by atoms with Crippen LogP contribution < -0.4 is 10.6 Å². The van der Waals surface area contributed by atoms with Gasteiger partial charge in [0.1, 0.15) is 0 Å². The standard InChI is InChI=1S/C16H22N4O2/c1-2-14(12-21)18-16(22)17-10-15-8-9-20(19-15)11-13-6-4-3-5-7-13/h3-9,14,21H,2,10-12H2,1H3,(H2,17,18,22)/t14-/m0/s1.